The van der Waals surface area contributed by atoms with E-state index in [0.717, 1.165) is 16.4 Å². The van der Waals surface area contributed by atoms with Crippen LogP contribution in [0.3, 0.4) is 0 Å². The van der Waals surface area contributed by atoms with E-state index in [4.69, 9.17) is 16.3 Å². The van der Waals surface area contributed by atoms with Gasteiger partial charge in [-0.3, -0.25) is 29.3 Å². The fourth-order valence-electron chi connectivity index (χ4n) is 5.81. The Hall–Kier alpha value is -4.83. The number of nitrogens with zero attached hydrogens (tertiary/aromatic N) is 3. The number of non-ortho nitro benzene ring substituents is 1. The van der Waals surface area contributed by atoms with Gasteiger partial charge in [0.1, 0.15) is 18.0 Å². The molecule has 2 bridgehead atoms. The number of halogens is 1. The van der Waals surface area contributed by atoms with Gasteiger partial charge in [-0.1, -0.05) is 23.8 Å². The molecule has 1 heterocycles. The molecule has 1 saturated carbocycles. The number of ether oxygens (including phenoxy) is 1. The maximum absolute atomic E-state index is 13.6. The van der Waals surface area contributed by atoms with Gasteiger partial charge in [0.05, 0.1) is 16.8 Å². The van der Waals surface area contributed by atoms with Crippen molar-refractivity contribution >= 4 is 40.8 Å². The van der Waals surface area contributed by atoms with Crippen LogP contribution < -0.4 is 4.74 Å². The number of ketones is 1. The highest BCUT2D eigenvalue weighted by Crippen LogP contribution is 2.52. The number of amides is 3. The second-order valence-corrected chi connectivity index (χ2v) is 10.6. The van der Waals surface area contributed by atoms with E-state index in [2.05, 4.69) is 0 Å². The van der Waals surface area contributed by atoms with Crippen molar-refractivity contribution in [1.82, 2.24) is 10.0 Å². The SMILES string of the molecule is O=C(CN(C(=O)c1ccc(Cl)cc1)N1C(=O)[C@@H]2[C@H](C1=O)[C@H]1C=C[C@H]2C1)c1ccc(Oc2ccc([N+](=O)[O-])cc2)cc1. The number of hydrogen-bond donors (Lipinski definition) is 0. The van der Waals surface area contributed by atoms with Crippen LogP contribution in [-0.2, 0) is 9.59 Å². The van der Waals surface area contributed by atoms with Gasteiger partial charge in [-0.2, -0.15) is 5.01 Å². The lowest BCUT2D eigenvalue weighted by Crippen LogP contribution is -2.52. The molecule has 3 aliphatic rings. The molecule has 3 aromatic carbocycles. The molecule has 11 heteroatoms. The molecule has 206 valence electrons. The van der Waals surface area contributed by atoms with E-state index in [9.17, 15) is 29.3 Å². The van der Waals surface area contributed by atoms with Gasteiger partial charge < -0.3 is 4.74 Å². The van der Waals surface area contributed by atoms with Crippen molar-refractivity contribution in [1.29, 1.82) is 0 Å². The molecule has 2 fully saturated rings. The quantitative estimate of drug-likeness (QED) is 0.121. The second-order valence-electron chi connectivity index (χ2n) is 10.2. The lowest BCUT2D eigenvalue weighted by molar-refractivity contribution is -0.384. The highest BCUT2D eigenvalue weighted by atomic mass is 35.5. The summed E-state index contributed by atoms with van der Waals surface area (Å²) < 4.78 is 5.70. The summed E-state index contributed by atoms with van der Waals surface area (Å²) in [5, 5.41) is 13.1. The van der Waals surface area contributed by atoms with Crippen LogP contribution >= 0.6 is 11.6 Å². The zero-order chi connectivity index (χ0) is 28.8. The number of carbonyl (C=O) groups excluding carboxylic acids is 4. The van der Waals surface area contributed by atoms with Crippen molar-refractivity contribution < 1.29 is 28.8 Å². The maximum Gasteiger partial charge on any atom is 0.273 e. The highest BCUT2D eigenvalue weighted by molar-refractivity contribution is 6.30. The summed E-state index contributed by atoms with van der Waals surface area (Å²) >= 11 is 5.98. The molecule has 4 atom stereocenters. The van der Waals surface area contributed by atoms with Crippen LogP contribution in [0, 0.1) is 33.8 Å². The molecular weight excluding hydrogens is 550 g/mol. The van der Waals surface area contributed by atoms with Crippen LogP contribution in [0.5, 0.6) is 11.5 Å². The molecule has 0 N–H and O–H groups in total. The molecule has 3 aromatic rings. The molecule has 10 nitrogen and oxygen atoms in total. The third-order valence-corrected chi connectivity index (χ3v) is 8.02. The first-order valence-corrected chi connectivity index (χ1v) is 13.3. The van der Waals surface area contributed by atoms with Crippen LogP contribution in [0.1, 0.15) is 27.1 Å². The Balaban J connectivity index is 1.23. The molecule has 0 radical (unpaired) electrons. The minimum atomic E-state index is -0.671. The third kappa shape index (κ3) is 4.76. The molecule has 2 aliphatic carbocycles. The van der Waals surface area contributed by atoms with E-state index in [-0.39, 0.29) is 28.7 Å². The average Bonchev–Trinajstić information content (AvgIpc) is 3.66. The fraction of sp³-hybridized carbons (Fsp3) is 0.200. The number of carbonyl (C=O) groups is 4. The summed E-state index contributed by atoms with van der Waals surface area (Å²) in [6.45, 7) is -0.538. The van der Waals surface area contributed by atoms with Crippen molar-refractivity contribution in [3.05, 3.63) is 111 Å². The van der Waals surface area contributed by atoms with Gasteiger partial charge in [-0.25, -0.2) is 5.01 Å². The molecule has 0 spiro atoms. The van der Waals surface area contributed by atoms with E-state index in [1.807, 2.05) is 12.2 Å². The summed E-state index contributed by atoms with van der Waals surface area (Å²) in [5.74, 6) is -2.55. The number of benzene rings is 3. The Labute approximate surface area is 238 Å². The number of nitro groups is 1. The van der Waals surface area contributed by atoms with E-state index >= 15 is 0 Å². The third-order valence-electron chi connectivity index (χ3n) is 7.77. The smallest absolute Gasteiger partial charge is 0.273 e. The van der Waals surface area contributed by atoms with Crippen LogP contribution in [0.15, 0.2) is 84.9 Å². The van der Waals surface area contributed by atoms with Crippen LogP contribution in [-0.4, -0.2) is 45.0 Å². The summed E-state index contributed by atoms with van der Waals surface area (Å²) in [6.07, 6.45) is 4.65. The van der Waals surface area contributed by atoms with Crippen molar-refractivity contribution in [2.45, 2.75) is 6.42 Å². The van der Waals surface area contributed by atoms with Gasteiger partial charge in [0, 0.05) is 28.3 Å². The minimum Gasteiger partial charge on any atom is -0.457 e. The Bertz CT molecular complexity index is 1570. The fourth-order valence-corrected chi connectivity index (χ4v) is 5.93. The topological polar surface area (TPSA) is 127 Å². The zero-order valence-corrected chi connectivity index (χ0v) is 22.1. The Morgan fingerprint density at radius 2 is 1.37 bits per heavy atom. The Kier molecular flexibility index (Phi) is 6.63. The molecular formula is C30H22ClN3O7. The Morgan fingerprint density at radius 3 is 1.90 bits per heavy atom. The van der Waals surface area contributed by atoms with Gasteiger partial charge in [-0.05, 0) is 78.9 Å². The standard InChI is InChI=1S/C30H22ClN3O7/c31-21-7-3-18(4-8-21)28(36)32(33-29(37)26-19-1-2-20(15-19)27(26)30(33)38)16-25(35)17-5-11-23(12-6-17)41-24-13-9-22(10-14-24)34(39)40/h1-14,19-20,26-27H,15-16H2/t19-,20-,26-,27+/m0/s1. The monoisotopic (exact) mass is 571 g/mol. The highest BCUT2D eigenvalue weighted by Gasteiger charge is 2.61. The zero-order valence-electron chi connectivity index (χ0n) is 21.4. The van der Waals surface area contributed by atoms with E-state index < -0.39 is 46.8 Å². The molecule has 6 rings (SSSR count). The predicted octanol–water partition coefficient (Wildman–Crippen LogP) is 5.09. The number of rotatable bonds is 8. The van der Waals surface area contributed by atoms with Gasteiger partial charge in [0.25, 0.3) is 23.4 Å². The van der Waals surface area contributed by atoms with Crippen molar-refractivity contribution in [3.8, 4) is 11.5 Å². The number of nitro benzene ring substituents is 1. The lowest BCUT2D eigenvalue weighted by atomic mass is 9.85. The second kappa shape index (κ2) is 10.3. The van der Waals surface area contributed by atoms with Gasteiger partial charge in [-0.15, -0.1) is 0 Å². The van der Waals surface area contributed by atoms with Crippen molar-refractivity contribution in [2.24, 2.45) is 23.7 Å². The van der Waals surface area contributed by atoms with E-state index in [1.54, 1.807) is 12.1 Å². The normalized spacial score (nSPS) is 22.1. The van der Waals surface area contributed by atoms with Gasteiger partial charge in [0.2, 0.25) is 0 Å². The number of hydrogen-bond acceptors (Lipinski definition) is 7. The summed E-state index contributed by atoms with van der Waals surface area (Å²) in [7, 11) is 0. The summed E-state index contributed by atoms with van der Waals surface area (Å²) in [5.41, 5.74) is 0.335. The molecule has 0 unspecified atom stereocenters. The first kappa shape index (κ1) is 26.4. The largest absolute Gasteiger partial charge is 0.457 e. The van der Waals surface area contributed by atoms with Crippen LogP contribution in [0.4, 0.5) is 5.69 Å². The van der Waals surface area contributed by atoms with Crippen LogP contribution in [0.2, 0.25) is 5.02 Å². The first-order chi connectivity index (χ1) is 19.7. The van der Waals surface area contributed by atoms with E-state index in [0.29, 0.717) is 16.5 Å². The summed E-state index contributed by atoms with van der Waals surface area (Å²) in [6, 6.07) is 17.6. The minimum absolute atomic E-state index is 0.0575. The number of fused-ring (bicyclic) bond motifs is 5. The molecule has 1 saturated heterocycles. The lowest BCUT2D eigenvalue weighted by Gasteiger charge is -2.30. The predicted molar refractivity (Wildman–Crippen MR) is 146 cm³/mol. The number of Topliss-reactive ketones (excluding diaryl/α,β-unsaturated/α-hetero) is 1. The van der Waals surface area contributed by atoms with E-state index in [1.165, 1.54) is 60.7 Å². The first-order valence-electron chi connectivity index (χ1n) is 12.9. The average molecular weight is 572 g/mol. The summed E-state index contributed by atoms with van der Waals surface area (Å²) in [4.78, 5) is 64.4. The number of imide groups is 1. The number of hydrazine groups is 1. The Morgan fingerprint density at radius 1 is 0.854 bits per heavy atom. The molecule has 3 amide bonds. The van der Waals surface area contributed by atoms with Gasteiger partial charge >= 0.3 is 0 Å². The molecule has 1 aliphatic heterocycles. The van der Waals surface area contributed by atoms with Crippen LogP contribution in [0.25, 0.3) is 0 Å². The molecule has 0 aromatic heterocycles. The van der Waals surface area contributed by atoms with Crippen molar-refractivity contribution in [2.75, 3.05) is 6.54 Å². The van der Waals surface area contributed by atoms with Crippen molar-refractivity contribution in [3.63, 3.8) is 0 Å². The molecule has 41 heavy (non-hydrogen) atoms. The van der Waals surface area contributed by atoms with Gasteiger partial charge in [0.15, 0.2) is 5.78 Å². The maximum atomic E-state index is 13.6. The number of allylic oxidation sites excluding steroid dienone is 2.